The van der Waals surface area contributed by atoms with Gasteiger partial charge in [-0.15, -0.1) is 0 Å². The molecule has 0 saturated carbocycles. The van der Waals surface area contributed by atoms with Crippen molar-refractivity contribution < 1.29 is 4.74 Å². The average Bonchev–Trinajstić information content (AvgIpc) is 2.46. The van der Waals surface area contributed by atoms with Crippen LogP contribution in [0.1, 0.15) is 17.2 Å². The molecule has 100 valence electrons. The summed E-state index contributed by atoms with van der Waals surface area (Å²) >= 11 is 0. The van der Waals surface area contributed by atoms with Crippen LogP contribution >= 0.6 is 0 Å². The number of aromatic nitrogens is 1. The fourth-order valence-electron chi connectivity index (χ4n) is 2.02. The summed E-state index contributed by atoms with van der Waals surface area (Å²) in [7, 11) is 1.66. The molecule has 3 N–H and O–H groups in total. The van der Waals surface area contributed by atoms with Crippen LogP contribution in [0.15, 0.2) is 42.7 Å². The zero-order chi connectivity index (χ0) is 13.7. The van der Waals surface area contributed by atoms with Gasteiger partial charge in [-0.05, 0) is 36.2 Å². The third-order valence-corrected chi connectivity index (χ3v) is 3.10. The maximum Gasteiger partial charge on any atom is 0.120 e. The quantitative estimate of drug-likeness (QED) is 0.864. The molecule has 2 rings (SSSR count). The highest BCUT2D eigenvalue weighted by atomic mass is 16.5. The van der Waals surface area contributed by atoms with Crippen molar-refractivity contribution in [2.75, 3.05) is 19.0 Å². The Bertz CT molecular complexity index is 542. The summed E-state index contributed by atoms with van der Waals surface area (Å²) in [6.45, 7) is 2.57. The van der Waals surface area contributed by atoms with Crippen molar-refractivity contribution in [1.82, 2.24) is 4.98 Å². The molecule has 1 unspecified atom stereocenters. The summed E-state index contributed by atoms with van der Waals surface area (Å²) in [5.41, 5.74) is 9.15. The van der Waals surface area contributed by atoms with Gasteiger partial charge >= 0.3 is 0 Å². The molecule has 0 aliphatic carbocycles. The smallest absolute Gasteiger partial charge is 0.120 e. The van der Waals surface area contributed by atoms with Gasteiger partial charge < -0.3 is 15.8 Å². The van der Waals surface area contributed by atoms with Crippen LogP contribution in [0.25, 0.3) is 0 Å². The number of nitrogens with two attached hydrogens (primary N) is 1. The Labute approximate surface area is 113 Å². The summed E-state index contributed by atoms with van der Waals surface area (Å²) in [6.07, 6.45) is 3.65. The van der Waals surface area contributed by atoms with Gasteiger partial charge in [0.05, 0.1) is 13.2 Å². The van der Waals surface area contributed by atoms with Gasteiger partial charge in [0.15, 0.2) is 0 Å². The molecule has 1 heterocycles. The van der Waals surface area contributed by atoms with Crippen LogP contribution in [0.5, 0.6) is 5.75 Å². The lowest BCUT2D eigenvalue weighted by atomic mass is 10.0. The fraction of sp³-hybridized carbons (Fsp3) is 0.267. The van der Waals surface area contributed by atoms with E-state index in [0.717, 1.165) is 17.0 Å². The largest absolute Gasteiger partial charge is 0.497 e. The number of methoxy groups -OCH3 is 1. The Morgan fingerprint density at radius 1 is 1.37 bits per heavy atom. The molecule has 0 amide bonds. The summed E-state index contributed by atoms with van der Waals surface area (Å²) in [6, 6.07) is 9.85. The standard InChI is InChI=1S/C15H19N3O/c1-11-6-7-17-10-14(11)15(9-16)18-12-4-3-5-13(8-12)19-2/h3-8,10,15,18H,9,16H2,1-2H3. The summed E-state index contributed by atoms with van der Waals surface area (Å²) in [5.74, 6) is 0.823. The van der Waals surface area contributed by atoms with Crippen LogP contribution in [0.4, 0.5) is 5.69 Å². The number of aryl methyl sites for hydroxylation is 1. The van der Waals surface area contributed by atoms with E-state index in [1.807, 2.05) is 36.5 Å². The number of hydrogen-bond donors (Lipinski definition) is 2. The highest BCUT2D eigenvalue weighted by molar-refractivity contribution is 5.50. The molecule has 0 spiro atoms. The second kappa shape index (κ2) is 6.20. The first-order chi connectivity index (χ1) is 9.24. The fourth-order valence-corrected chi connectivity index (χ4v) is 2.02. The third-order valence-electron chi connectivity index (χ3n) is 3.10. The summed E-state index contributed by atoms with van der Waals surface area (Å²) in [4.78, 5) is 4.17. The minimum absolute atomic E-state index is 0.0424. The number of nitrogens with zero attached hydrogens (tertiary/aromatic N) is 1. The summed E-state index contributed by atoms with van der Waals surface area (Å²) in [5, 5.41) is 3.42. The number of hydrogen-bond acceptors (Lipinski definition) is 4. The lowest BCUT2D eigenvalue weighted by molar-refractivity contribution is 0.415. The van der Waals surface area contributed by atoms with Gasteiger partial charge in [0.25, 0.3) is 0 Å². The zero-order valence-corrected chi connectivity index (χ0v) is 11.3. The SMILES string of the molecule is COc1cccc(NC(CN)c2cnccc2C)c1. The van der Waals surface area contributed by atoms with E-state index in [2.05, 4.69) is 17.2 Å². The lowest BCUT2D eigenvalue weighted by Crippen LogP contribution is -2.21. The molecule has 0 aliphatic rings. The molecular formula is C15H19N3O. The van der Waals surface area contributed by atoms with E-state index in [-0.39, 0.29) is 6.04 Å². The molecule has 4 nitrogen and oxygen atoms in total. The van der Waals surface area contributed by atoms with Gasteiger partial charge in [0.1, 0.15) is 5.75 Å². The second-order valence-electron chi connectivity index (χ2n) is 4.40. The normalized spacial score (nSPS) is 11.9. The molecule has 1 atom stereocenters. The summed E-state index contributed by atoms with van der Waals surface area (Å²) < 4.78 is 5.22. The van der Waals surface area contributed by atoms with Gasteiger partial charge in [0.2, 0.25) is 0 Å². The second-order valence-corrected chi connectivity index (χ2v) is 4.40. The minimum Gasteiger partial charge on any atom is -0.497 e. The molecule has 1 aromatic carbocycles. The first kappa shape index (κ1) is 13.4. The van der Waals surface area contributed by atoms with Gasteiger partial charge in [-0.2, -0.15) is 0 Å². The molecular weight excluding hydrogens is 238 g/mol. The van der Waals surface area contributed by atoms with E-state index in [9.17, 15) is 0 Å². The van der Waals surface area contributed by atoms with Crippen LogP contribution in [-0.2, 0) is 0 Å². The van der Waals surface area contributed by atoms with E-state index >= 15 is 0 Å². The van der Waals surface area contributed by atoms with Crippen LogP contribution in [0, 0.1) is 6.92 Å². The molecule has 0 bridgehead atoms. The molecule has 0 aliphatic heterocycles. The van der Waals surface area contributed by atoms with Gasteiger partial charge in [-0.25, -0.2) is 0 Å². The van der Waals surface area contributed by atoms with E-state index < -0.39 is 0 Å². The molecule has 1 aromatic heterocycles. The predicted molar refractivity (Wildman–Crippen MR) is 77.4 cm³/mol. The Morgan fingerprint density at radius 3 is 2.89 bits per heavy atom. The third kappa shape index (κ3) is 3.23. The molecule has 2 aromatic rings. The monoisotopic (exact) mass is 257 g/mol. The van der Waals surface area contributed by atoms with Crippen LogP contribution in [0.3, 0.4) is 0 Å². The molecule has 0 fully saturated rings. The first-order valence-corrected chi connectivity index (χ1v) is 6.25. The van der Waals surface area contributed by atoms with Crippen molar-refractivity contribution in [3.05, 3.63) is 53.9 Å². The number of nitrogens with one attached hydrogen (secondary N) is 1. The van der Waals surface area contributed by atoms with E-state index in [4.69, 9.17) is 10.5 Å². The van der Waals surface area contributed by atoms with Gasteiger partial charge in [0, 0.05) is 30.7 Å². The first-order valence-electron chi connectivity index (χ1n) is 6.25. The van der Waals surface area contributed by atoms with E-state index in [1.54, 1.807) is 13.3 Å². The predicted octanol–water partition coefficient (Wildman–Crippen LogP) is 2.51. The number of benzene rings is 1. The number of pyridine rings is 1. The highest BCUT2D eigenvalue weighted by Gasteiger charge is 2.12. The van der Waals surface area contributed by atoms with Crippen molar-refractivity contribution in [1.29, 1.82) is 0 Å². The topological polar surface area (TPSA) is 60.2 Å². The van der Waals surface area contributed by atoms with Crippen molar-refractivity contribution in [3.63, 3.8) is 0 Å². The van der Waals surface area contributed by atoms with Gasteiger partial charge in [-0.3, -0.25) is 4.98 Å². The maximum atomic E-state index is 5.87. The minimum atomic E-state index is 0.0424. The lowest BCUT2D eigenvalue weighted by Gasteiger charge is -2.20. The van der Waals surface area contributed by atoms with Crippen LogP contribution < -0.4 is 15.8 Å². The Hall–Kier alpha value is -2.07. The van der Waals surface area contributed by atoms with Crippen molar-refractivity contribution in [2.45, 2.75) is 13.0 Å². The molecule has 0 radical (unpaired) electrons. The van der Waals surface area contributed by atoms with Crippen LogP contribution in [-0.4, -0.2) is 18.6 Å². The molecule has 19 heavy (non-hydrogen) atoms. The number of ether oxygens (including phenoxy) is 1. The zero-order valence-electron chi connectivity index (χ0n) is 11.3. The molecule has 0 saturated heterocycles. The number of rotatable bonds is 5. The van der Waals surface area contributed by atoms with Crippen molar-refractivity contribution in [2.24, 2.45) is 5.73 Å². The Kier molecular flexibility index (Phi) is 4.36. The molecule has 4 heteroatoms. The van der Waals surface area contributed by atoms with Gasteiger partial charge in [-0.1, -0.05) is 6.07 Å². The highest BCUT2D eigenvalue weighted by Crippen LogP contribution is 2.23. The van der Waals surface area contributed by atoms with Crippen molar-refractivity contribution in [3.8, 4) is 5.75 Å². The average molecular weight is 257 g/mol. The van der Waals surface area contributed by atoms with Crippen molar-refractivity contribution >= 4 is 5.69 Å². The van der Waals surface area contributed by atoms with Crippen LogP contribution in [0.2, 0.25) is 0 Å². The van der Waals surface area contributed by atoms with E-state index in [1.165, 1.54) is 5.56 Å². The Balaban J connectivity index is 2.21. The number of anilines is 1. The maximum absolute atomic E-state index is 5.87. The Morgan fingerprint density at radius 2 is 2.21 bits per heavy atom. The van der Waals surface area contributed by atoms with E-state index in [0.29, 0.717) is 6.54 Å².